The third-order valence-electron chi connectivity index (χ3n) is 2.67. The average molecular weight is 316 g/mol. The van der Waals surface area contributed by atoms with Gasteiger partial charge in [-0.2, -0.15) is 0 Å². The maximum Gasteiger partial charge on any atom is 0.250 e. The molecule has 0 saturated heterocycles. The van der Waals surface area contributed by atoms with Crippen molar-refractivity contribution in [2.24, 2.45) is 0 Å². The van der Waals surface area contributed by atoms with E-state index in [2.05, 4.69) is 10.3 Å². The Morgan fingerprint density at radius 2 is 2.24 bits per heavy atom. The summed E-state index contributed by atoms with van der Waals surface area (Å²) in [6, 6.07) is 7.65. The number of carbonyl (C=O) groups excluding carboxylic acids is 1. The van der Waals surface area contributed by atoms with Crippen LogP contribution in [0.3, 0.4) is 0 Å². The van der Waals surface area contributed by atoms with Gasteiger partial charge in [-0.25, -0.2) is 4.98 Å². The van der Waals surface area contributed by atoms with E-state index in [0.717, 1.165) is 16.3 Å². The van der Waals surface area contributed by atoms with E-state index in [9.17, 15) is 4.79 Å². The number of thiazole rings is 1. The van der Waals surface area contributed by atoms with E-state index in [1.165, 1.54) is 17.4 Å². The lowest BCUT2D eigenvalue weighted by Crippen LogP contribution is -2.07. The molecule has 3 heterocycles. The van der Waals surface area contributed by atoms with Crippen LogP contribution in [0.5, 0.6) is 0 Å². The molecule has 0 saturated carbocycles. The molecule has 0 bridgehead atoms. The summed E-state index contributed by atoms with van der Waals surface area (Å²) in [5, 5.41) is 7.27. The lowest BCUT2D eigenvalue weighted by atomic mass is 10.4. The molecule has 0 spiro atoms. The highest BCUT2D eigenvalue weighted by Crippen LogP contribution is 2.28. The van der Waals surface area contributed by atoms with Gasteiger partial charge in [-0.3, -0.25) is 10.1 Å². The molecule has 3 rings (SSSR count). The Morgan fingerprint density at radius 1 is 1.33 bits per heavy atom. The highest BCUT2D eigenvalue weighted by Gasteiger charge is 2.07. The van der Waals surface area contributed by atoms with Crippen LogP contribution in [0.15, 0.2) is 45.5 Å². The molecule has 1 N–H and O–H groups in total. The van der Waals surface area contributed by atoms with Gasteiger partial charge in [0.2, 0.25) is 5.91 Å². The summed E-state index contributed by atoms with van der Waals surface area (Å²) in [4.78, 5) is 17.3. The van der Waals surface area contributed by atoms with E-state index in [-0.39, 0.29) is 5.91 Å². The molecular weight excluding hydrogens is 304 g/mol. The topological polar surface area (TPSA) is 55.1 Å². The number of furan rings is 1. The molecule has 0 fully saturated rings. The molecular formula is C15H12N2O2S2. The Bertz CT molecular complexity index is 769. The van der Waals surface area contributed by atoms with Crippen molar-refractivity contribution in [3.05, 3.63) is 52.6 Å². The zero-order valence-electron chi connectivity index (χ0n) is 11.2. The van der Waals surface area contributed by atoms with Crippen molar-refractivity contribution < 1.29 is 9.21 Å². The Hall–Kier alpha value is -2.18. The molecule has 21 heavy (non-hydrogen) atoms. The summed E-state index contributed by atoms with van der Waals surface area (Å²) in [6.07, 6.45) is 3.07. The molecule has 0 aliphatic heterocycles. The van der Waals surface area contributed by atoms with Crippen LogP contribution >= 0.6 is 22.7 Å². The third-order valence-corrected chi connectivity index (χ3v) is 4.32. The van der Waals surface area contributed by atoms with E-state index in [4.69, 9.17) is 4.42 Å². The van der Waals surface area contributed by atoms with Crippen molar-refractivity contribution >= 4 is 39.8 Å². The monoisotopic (exact) mass is 316 g/mol. The van der Waals surface area contributed by atoms with Crippen LogP contribution in [0.1, 0.15) is 11.5 Å². The van der Waals surface area contributed by atoms with Gasteiger partial charge < -0.3 is 4.42 Å². The fourth-order valence-corrected chi connectivity index (χ4v) is 3.19. The van der Waals surface area contributed by atoms with Gasteiger partial charge in [0.05, 0.1) is 10.6 Å². The Morgan fingerprint density at radius 3 is 2.95 bits per heavy atom. The van der Waals surface area contributed by atoms with Crippen molar-refractivity contribution in [3.8, 4) is 10.6 Å². The summed E-state index contributed by atoms with van der Waals surface area (Å²) >= 11 is 3.03. The molecule has 0 aliphatic carbocycles. The predicted molar refractivity (Wildman–Crippen MR) is 86.5 cm³/mol. The first-order valence-electron chi connectivity index (χ1n) is 6.25. The smallest absolute Gasteiger partial charge is 0.250 e. The first-order chi connectivity index (χ1) is 10.2. The van der Waals surface area contributed by atoms with Crippen molar-refractivity contribution in [2.75, 3.05) is 5.32 Å². The molecule has 3 aromatic rings. The Kier molecular flexibility index (Phi) is 3.98. The third kappa shape index (κ3) is 3.48. The number of nitrogens with zero attached hydrogens (tertiary/aromatic N) is 1. The second-order valence-electron chi connectivity index (χ2n) is 4.29. The molecule has 0 aliphatic rings. The largest absolute Gasteiger partial charge is 0.462 e. The van der Waals surface area contributed by atoms with Gasteiger partial charge in [0.15, 0.2) is 5.13 Å². The number of aryl methyl sites for hydroxylation is 1. The van der Waals surface area contributed by atoms with Gasteiger partial charge in [0, 0.05) is 11.5 Å². The van der Waals surface area contributed by atoms with E-state index < -0.39 is 0 Å². The Labute approximate surface area is 129 Å². The number of thiophene rings is 1. The summed E-state index contributed by atoms with van der Waals surface area (Å²) in [5.74, 6) is 1.24. The fourth-order valence-electron chi connectivity index (χ4n) is 1.72. The molecule has 6 heteroatoms. The molecule has 0 aromatic carbocycles. The predicted octanol–water partition coefficient (Wildman–Crippen LogP) is 4.42. The zero-order chi connectivity index (χ0) is 14.7. The second kappa shape index (κ2) is 6.07. The number of nitrogens with one attached hydrogen (secondary N) is 1. The highest BCUT2D eigenvalue weighted by molar-refractivity contribution is 7.16. The molecule has 4 nitrogen and oxygen atoms in total. The number of aromatic nitrogens is 1. The minimum atomic E-state index is -0.226. The minimum Gasteiger partial charge on any atom is -0.462 e. The van der Waals surface area contributed by atoms with Crippen molar-refractivity contribution in [2.45, 2.75) is 6.92 Å². The number of anilines is 1. The van der Waals surface area contributed by atoms with Crippen LogP contribution in [-0.2, 0) is 4.79 Å². The maximum atomic E-state index is 11.8. The second-order valence-corrected chi connectivity index (χ2v) is 6.09. The van der Waals surface area contributed by atoms with Crippen LogP contribution in [0.2, 0.25) is 0 Å². The zero-order valence-corrected chi connectivity index (χ0v) is 12.8. The lowest BCUT2D eigenvalue weighted by Gasteiger charge is -1.95. The van der Waals surface area contributed by atoms with Crippen LogP contribution < -0.4 is 5.32 Å². The van der Waals surface area contributed by atoms with E-state index in [1.807, 2.05) is 41.9 Å². The van der Waals surface area contributed by atoms with Crippen molar-refractivity contribution in [1.82, 2.24) is 4.98 Å². The van der Waals surface area contributed by atoms with E-state index in [1.54, 1.807) is 17.4 Å². The highest BCUT2D eigenvalue weighted by atomic mass is 32.1. The van der Waals surface area contributed by atoms with Crippen LogP contribution in [-0.4, -0.2) is 10.9 Å². The summed E-state index contributed by atoms with van der Waals surface area (Å²) in [5.41, 5.74) is 0.885. The molecule has 1 amide bonds. The summed E-state index contributed by atoms with van der Waals surface area (Å²) < 4.78 is 5.36. The van der Waals surface area contributed by atoms with Crippen LogP contribution in [0.4, 0.5) is 5.13 Å². The van der Waals surface area contributed by atoms with Crippen LogP contribution in [0.25, 0.3) is 16.6 Å². The summed E-state index contributed by atoms with van der Waals surface area (Å²) in [6.45, 7) is 1.86. The molecule has 0 unspecified atom stereocenters. The van der Waals surface area contributed by atoms with Crippen molar-refractivity contribution in [3.63, 3.8) is 0 Å². The van der Waals surface area contributed by atoms with Gasteiger partial charge in [0.1, 0.15) is 11.5 Å². The standard InChI is InChI=1S/C15H12N2O2S2/c1-10-4-5-11(19-10)6-7-14(18)17-15-16-12(9-21-15)13-3-2-8-20-13/h2-9H,1H3,(H,16,17,18). The number of hydrogen-bond donors (Lipinski definition) is 1. The first kappa shape index (κ1) is 13.8. The van der Waals surface area contributed by atoms with Gasteiger partial charge in [-0.15, -0.1) is 22.7 Å². The fraction of sp³-hybridized carbons (Fsp3) is 0.0667. The maximum absolute atomic E-state index is 11.8. The molecule has 0 atom stereocenters. The van der Waals surface area contributed by atoms with Crippen LogP contribution in [0, 0.1) is 6.92 Å². The minimum absolute atomic E-state index is 0.226. The number of rotatable bonds is 4. The van der Waals surface area contributed by atoms with Gasteiger partial charge in [-0.05, 0) is 36.6 Å². The van der Waals surface area contributed by atoms with Gasteiger partial charge >= 0.3 is 0 Å². The lowest BCUT2D eigenvalue weighted by molar-refractivity contribution is -0.111. The number of carbonyl (C=O) groups is 1. The molecule has 106 valence electrons. The number of hydrogen-bond acceptors (Lipinski definition) is 5. The first-order valence-corrected chi connectivity index (χ1v) is 8.01. The van der Waals surface area contributed by atoms with E-state index in [0.29, 0.717) is 10.9 Å². The average Bonchev–Trinajstić information content (AvgIpc) is 3.16. The van der Waals surface area contributed by atoms with E-state index >= 15 is 0 Å². The normalized spacial score (nSPS) is 11.1. The van der Waals surface area contributed by atoms with Gasteiger partial charge in [-0.1, -0.05) is 6.07 Å². The van der Waals surface area contributed by atoms with Crippen molar-refractivity contribution in [1.29, 1.82) is 0 Å². The quantitative estimate of drug-likeness (QED) is 0.725. The Balaban J connectivity index is 1.64. The molecule has 3 aromatic heterocycles. The van der Waals surface area contributed by atoms with Gasteiger partial charge in [0.25, 0.3) is 0 Å². The summed E-state index contributed by atoms with van der Waals surface area (Å²) in [7, 11) is 0. The SMILES string of the molecule is Cc1ccc(C=CC(=O)Nc2nc(-c3cccs3)cs2)o1. The molecule has 0 radical (unpaired) electrons. The number of amides is 1.